The van der Waals surface area contributed by atoms with Crippen LogP contribution in [0.4, 0.5) is 0 Å². The second kappa shape index (κ2) is 12.2. The molecule has 0 heterocycles. The van der Waals surface area contributed by atoms with Gasteiger partial charge >= 0.3 is 11.9 Å². The smallest absolute Gasteiger partial charge is 0.341 e. The minimum absolute atomic E-state index is 0.0240. The summed E-state index contributed by atoms with van der Waals surface area (Å²) in [5.41, 5.74) is 0.415. The number of carboxylic acid groups (broad SMARTS) is 1. The highest BCUT2D eigenvalue weighted by atomic mass is 16.5. The molecule has 0 aliphatic heterocycles. The van der Waals surface area contributed by atoms with E-state index in [9.17, 15) is 14.7 Å². The third kappa shape index (κ3) is 8.98. The molecule has 5 heteroatoms. The molecule has 1 aromatic rings. The molecular formula is C19H28O5. The number of benzene rings is 1. The van der Waals surface area contributed by atoms with Crippen LogP contribution in [0.15, 0.2) is 36.4 Å². The van der Waals surface area contributed by atoms with E-state index in [2.05, 4.69) is 20.4 Å². The van der Waals surface area contributed by atoms with Crippen molar-refractivity contribution >= 4 is 11.9 Å². The van der Waals surface area contributed by atoms with Crippen LogP contribution in [0.3, 0.4) is 0 Å². The number of aliphatic carboxylic acids is 1. The topological polar surface area (TPSA) is 83.8 Å². The van der Waals surface area contributed by atoms with E-state index in [1.54, 1.807) is 18.2 Å². The molecule has 24 heavy (non-hydrogen) atoms. The second-order valence-electron chi connectivity index (χ2n) is 5.62. The quantitative estimate of drug-likeness (QED) is 0.542. The summed E-state index contributed by atoms with van der Waals surface area (Å²) in [6, 6.07) is 6.46. The Hall–Kier alpha value is -2.30. The Bertz CT molecular complexity index is 524. The molecule has 1 aromatic carbocycles. The number of carbonyl (C=O) groups is 2. The van der Waals surface area contributed by atoms with Crippen LogP contribution in [0, 0.1) is 5.92 Å². The van der Waals surface area contributed by atoms with E-state index in [4.69, 9.17) is 9.84 Å². The lowest BCUT2D eigenvalue weighted by atomic mass is 10.0. The van der Waals surface area contributed by atoms with Gasteiger partial charge in [0, 0.05) is 5.57 Å². The predicted octanol–water partition coefficient (Wildman–Crippen LogP) is 4.41. The van der Waals surface area contributed by atoms with Crippen LogP contribution in [0.5, 0.6) is 5.75 Å². The van der Waals surface area contributed by atoms with Gasteiger partial charge in [-0.2, -0.15) is 0 Å². The molecule has 0 radical (unpaired) electrons. The summed E-state index contributed by atoms with van der Waals surface area (Å²) >= 11 is 0. The van der Waals surface area contributed by atoms with Crippen molar-refractivity contribution in [2.24, 2.45) is 5.92 Å². The normalized spacial score (nSPS) is 11.0. The molecule has 1 unspecified atom stereocenters. The molecule has 1 atom stereocenters. The zero-order valence-electron chi connectivity index (χ0n) is 14.7. The number of hydrogen-bond donors (Lipinski definition) is 2. The van der Waals surface area contributed by atoms with Gasteiger partial charge in [0.1, 0.15) is 11.3 Å². The number of rotatable bonds is 8. The molecule has 0 bridgehead atoms. The Morgan fingerprint density at radius 2 is 1.83 bits per heavy atom. The Kier molecular flexibility index (Phi) is 11.0. The number of esters is 1. The summed E-state index contributed by atoms with van der Waals surface area (Å²) in [6.07, 6.45) is 4.41. The summed E-state index contributed by atoms with van der Waals surface area (Å²) in [5, 5.41) is 17.4. The van der Waals surface area contributed by atoms with Gasteiger partial charge in [0.25, 0.3) is 0 Å². The van der Waals surface area contributed by atoms with Crippen molar-refractivity contribution < 1.29 is 24.5 Å². The first kappa shape index (κ1) is 21.7. The Labute approximate surface area is 144 Å². The van der Waals surface area contributed by atoms with Crippen molar-refractivity contribution in [2.45, 2.75) is 46.5 Å². The lowest BCUT2D eigenvalue weighted by Gasteiger charge is -2.14. The summed E-state index contributed by atoms with van der Waals surface area (Å²) in [6.45, 7) is 9.29. The predicted molar refractivity (Wildman–Crippen MR) is 94.1 cm³/mol. The zero-order chi connectivity index (χ0) is 18.5. The van der Waals surface area contributed by atoms with Gasteiger partial charge in [-0.05, 0) is 31.4 Å². The maximum atomic E-state index is 11.8. The van der Waals surface area contributed by atoms with Crippen LogP contribution in [0.2, 0.25) is 0 Å². The molecule has 2 N–H and O–H groups in total. The largest absolute Gasteiger partial charge is 0.507 e. The van der Waals surface area contributed by atoms with E-state index in [1.807, 2.05) is 0 Å². The van der Waals surface area contributed by atoms with Gasteiger partial charge in [-0.25, -0.2) is 9.59 Å². The van der Waals surface area contributed by atoms with Crippen molar-refractivity contribution in [2.75, 3.05) is 6.61 Å². The SMILES string of the molecule is C=C(C)C(=O)O.CCCCC(CC)COC(=O)c1ccccc1O. The standard InChI is InChI=1S/C15H22O3.C4H6O2/c1-3-5-8-12(4-2)11-18-15(17)13-9-6-7-10-14(13)16;1-3(2)4(5)6/h6-7,9-10,12,16H,3-5,8,11H2,1-2H3;1H2,2H3,(H,5,6). The van der Waals surface area contributed by atoms with Crippen LogP contribution < -0.4 is 0 Å². The van der Waals surface area contributed by atoms with Crippen LogP contribution >= 0.6 is 0 Å². The third-order valence-electron chi connectivity index (χ3n) is 3.48. The number of carbonyl (C=O) groups excluding carboxylic acids is 1. The minimum atomic E-state index is -0.935. The number of hydrogen-bond acceptors (Lipinski definition) is 4. The van der Waals surface area contributed by atoms with Crippen molar-refractivity contribution in [1.82, 2.24) is 0 Å². The number of para-hydroxylation sites is 1. The summed E-state index contributed by atoms with van der Waals surface area (Å²) in [5.74, 6) is -0.984. The van der Waals surface area contributed by atoms with E-state index in [1.165, 1.54) is 13.0 Å². The van der Waals surface area contributed by atoms with Gasteiger partial charge in [-0.3, -0.25) is 0 Å². The molecule has 0 amide bonds. The molecular weight excluding hydrogens is 308 g/mol. The first-order chi connectivity index (χ1) is 11.3. The van der Waals surface area contributed by atoms with Crippen LogP contribution in [-0.4, -0.2) is 28.8 Å². The molecule has 0 spiro atoms. The molecule has 0 aromatic heterocycles. The Morgan fingerprint density at radius 1 is 1.25 bits per heavy atom. The fourth-order valence-electron chi connectivity index (χ4n) is 1.82. The first-order valence-corrected chi connectivity index (χ1v) is 8.17. The fraction of sp³-hybridized carbons (Fsp3) is 0.474. The number of unbranched alkanes of at least 4 members (excludes halogenated alkanes) is 1. The van der Waals surface area contributed by atoms with Gasteiger partial charge in [-0.1, -0.05) is 51.8 Å². The van der Waals surface area contributed by atoms with Crippen LogP contribution in [-0.2, 0) is 9.53 Å². The van der Waals surface area contributed by atoms with E-state index < -0.39 is 11.9 Å². The maximum absolute atomic E-state index is 11.8. The summed E-state index contributed by atoms with van der Waals surface area (Å²) < 4.78 is 5.26. The summed E-state index contributed by atoms with van der Waals surface area (Å²) in [4.78, 5) is 21.4. The highest BCUT2D eigenvalue weighted by Gasteiger charge is 2.14. The molecule has 0 aliphatic carbocycles. The van der Waals surface area contributed by atoms with Crippen LogP contribution in [0.1, 0.15) is 56.8 Å². The average Bonchev–Trinajstić information content (AvgIpc) is 2.55. The van der Waals surface area contributed by atoms with E-state index in [-0.39, 0.29) is 16.9 Å². The third-order valence-corrected chi connectivity index (χ3v) is 3.48. The molecule has 0 saturated heterocycles. The Morgan fingerprint density at radius 3 is 2.29 bits per heavy atom. The van der Waals surface area contributed by atoms with Crippen molar-refractivity contribution in [3.8, 4) is 5.75 Å². The van der Waals surface area contributed by atoms with E-state index in [0.29, 0.717) is 12.5 Å². The van der Waals surface area contributed by atoms with Crippen LogP contribution in [0.25, 0.3) is 0 Å². The fourth-order valence-corrected chi connectivity index (χ4v) is 1.82. The number of phenolic OH excluding ortho intramolecular Hbond substituents is 1. The van der Waals surface area contributed by atoms with E-state index in [0.717, 1.165) is 25.7 Å². The van der Waals surface area contributed by atoms with Crippen molar-refractivity contribution in [3.05, 3.63) is 42.0 Å². The highest BCUT2D eigenvalue weighted by Crippen LogP contribution is 2.18. The van der Waals surface area contributed by atoms with Gasteiger partial charge in [-0.15, -0.1) is 0 Å². The van der Waals surface area contributed by atoms with Gasteiger partial charge in [0.2, 0.25) is 0 Å². The summed E-state index contributed by atoms with van der Waals surface area (Å²) in [7, 11) is 0. The minimum Gasteiger partial charge on any atom is -0.507 e. The average molecular weight is 336 g/mol. The lowest BCUT2D eigenvalue weighted by molar-refractivity contribution is -0.132. The number of phenols is 1. The number of aromatic hydroxyl groups is 1. The van der Waals surface area contributed by atoms with E-state index >= 15 is 0 Å². The highest BCUT2D eigenvalue weighted by molar-refractivity contribution is 5.92. The second-order valence-corrected chi connectivity index (χ2v) is 5.62. The molecule has 0 fully saturated rings. The number of ether oxygens (including phenoxy) is 1. The Balaban J connectivity index is 0.000000754. The van der Waals surface area contributed by atoms with Gasteiger partial charge in [0.05, 0.1) is 6.61 Å². The lowest BCUT2D eigenvalue weighted by Crippen LogP contribution is -2.14. The molecule has 0 saturated carbocycles. The first-order valence-electron chi connectivity index (χ1n) is 8.17. The molecule has 0 aliphatic rings. The molecule has 5 nitrogen and oxygen atoms in total. The number of carboxylic acids is 1. The van der Waals surface area contributed by atoms with Crippen molar-refractivity contribution in [1.29, 1.82) is 0 Å². The zero-order valence-corrected chi connectivity index (χ0v) is 14.7. The molecule has 1 rings (SSSR count). The van der Waals surface area contributed by atoms with Gasteiger partial charge < -0.3 is 14.9 Å². The van der Waals surface area contributed by atoms with Crippen molar-refractivity contribution in [3.63, 3.8) is 0 Å². The molecule has 134 valence electrons. The maximum Gasteiger partial charge on any atom is 0.341 e. The van der Waals surface area contributed by atoms with Gasteiger partial charge in [0.15, 0.2) is 0 Å². The monoisotopic (exact) mass is 336 g/mol.